The zero-order chi connectivity index (χ0) is 19.1. The van der Waals surface area contributed by atoms with Crippen molar-refractivity contribution in [2.45, 2.75) is 32.2 Å². The van der Waals surface area contributed by atoms with Gasteiger partial charge in [-0.25, -0.2) is 0 Å². The Hall–Kier alpha value is -1.80. The number of anilines is 1. The lowest BCUT2D eigenvalue weighted by atomic mass is 10.1. The molecular formula is C22H31IN4O. The highest BCUT2D eigenvalue weighted by atomic mass is 127. The standard InChI is InChI=1S/C22H30N4O.HI/c1-3-17-7-6-8-19(15-17)25-22(23)24-16-21(26-13-4-5-14-26)18-9-11-20(27-2)12-10-18;/h6-12,15,21H,3-5,13-14,16H2,1-2H3,(H3,23,24,25);1H. The third-order valence-electron chi connectivity index (χ3n) is 5.12. The summed E-state index contributed by atoms with van der Waals surface area (Å²) >= 11 is 0. The first kappa shape index (κ1) is 22.5. The van der Waals surface area contributed by atoms with Gasteiger partial charge in [-0.05, 0) is 67.7 Å². The summed E-state index contributed by atoms with van der Waals surface area (Å²) in [5.74, 6) is 1.33. The average molecular weight is 494 g/mol. The topological polar surface area (TPSA) is 62.9 Å². The van der Waals surface area contributed by atoms with Gasteiger partial charge in [0.05, 0.1) is 19.7 Å². The second kappa shape index (κ2) is 11.3. The monoisotopic (exact) mass is 494 g/mol. The highest BCUT2D eigenvalue weighted by Crippen LogP contribution is 2.27. The van der Waals surface area contributed by atoms with Crippen LogP contribution in [0.2, 0.25) is 0 Å². The van der Waals surface area contributed by atoms with Crippen LogP contribution in [0.15, 0.2) is 53.5 Å². The summed E-state index contributed by atoms with van der Waals surface area (Å²) in [6.07, 6.45) is 3.49. The highest BCUT2D eigenvalue weighted by Gasteiger charge is 2.23. The van der Waals surface area contributed by atoms with Crippen LogP contribution in [0.4, 0.5) is 5.69 Å². The van der Waals surface area contributed by atoms with Crippen LogP contribution < -0.4 is 15.8 Å². The first-order valence-corrected chi connectivity index (χ1v) is 9.73. The van der Waals surface area contributed by atoms with E-state index in [1.165, 1.54) is 24.0 Å². The molecule has 1 heterocycles. The molecule has 1 aliphatic rings. The van der Waals surface area contributed by atoms with Crippen molar-refractivity contribution in [2.24, 2.45) is 10.7 Å². The fourth-order valence-corrected chi connectivity index (χ4v) is 3.55. The molecule has 152 valence electrons. The summed E-state index contributed by atoms with van der Waals surface area (Å²) in [4.78, 5) is 7.15. The summed E-state index contributed by atoms with van der Waals surface area (Å²) in [5, 5.41) is 3.22. The third kappa shape index (κ3) is 6.10. The van der Waals surface area contributed by atoms with Gasteiger partial charge in [-0.2, -0.15) is 0 Å². The number of halogens is 1. The van der Waals surface area contributed by atoms with Crippen LogP contribution in [0.1, 0.15) is 36.9 Å². The summed E-state index contributed by atoms with van der Waals surface area (Å²) in [6, 6.07) is 16.8. The molecule has 1 aliphatic heterocycles. The number of likely N-dealkylation sites (tertiary alicyclic amines) is 1. The van der Waals surface area contributed by atoms with Crippen LogP contribution in [0.25, 0.3) is 0 Å². The molecule has 5 nitrogen and oxygen atoms in total. The van der Waals surface area contributed by atoms with Crippen molar-refractivity contribution in [1.82, 2.24) is 4.90 Å². The number of hydrogen-bond donors (Lipinski definition) is 2. The molecule has 0 amide bonds. The van der Waals surface area contributed by atoms with Crippen molar-refractivity contribution in [3.8, 4) is 5.75 Å². The third-order valence-corrected chi connectivity index (χ3v) is 5.12. The highest BCUT2D eigenvalue weighted by molar-refractivity contribution is 14.0. The van der Waals surface area contributed by atoms with Crippen molar-refractivity contribution in [1.29, 1.82) is 0 Å². The Labute approximate surface area is 185 Å². The SMILES string of the molecule is CCc1cccc(NC(N)=NCC(c2ccc(OC)cc2)N2CCCC2)c1.I. The van der Waals surface area contributed by atoms with Gasteiger partial charge in [0, 0.05) is 5.69 Å². The summed E-state index contributed by atoms with van der Waals surface area (Å²) in [6.45, 7) is 5.00. The molecule has 6 heteroatoms. The molecule has 1 unspecified atom stereocenters. The number of aryl methyl sites for hydroxylation is 1. The molecule has 2 aromatic carbocycles. The smallest absolute Gasteiger partial charge is 0.193 e. The molecule has 1 saturated heterocycles. The number of methoxy groups -OCH3 is 1. The number of nitrogens with zero attached hydrogens (tertiary/aromatic N) is 2. The maximum absolute atomic E-state index is 6.17. The number of nitrogens with two attached hydrogens (primary N) is 1. The van der Waals surface area contributed by atoms with Crippen LogP contribution in [0.5, 0.6) is 5.75 Å². The molecule has 0 radical (unpaired) electrons. The Morgan fingerprint density at radius 2 is 1.89 bits per heavy atom. The fraction of sp³-hybridized carbons (Fsp3) is 0.409. The molecule has 28 heavy (non-hydrogen) atoms. The van der Waals surface area contributed by atoms with Crippen LogP contribution in [-0.2, 0) is 6.42 Å². The zero-order valence-corrected chi connectivity index (χ0v) is 19.1. The zero-order valence-electron chi connectivity index (χ0n) is 16.7. The van der Waals surface area contributed by atoms with Gasteiger partial charge in [-0.3, -0.25) is 9.89 Å². The summed E-state index contributed by atoms with van der Waals surface area (Å²) in [5.41, 5.74) is 9.68. The van der Waals surface area contributed by atoms with Gasteiger partial charge in [-0.15, -0.1) is 24.0 Å². The predicted molar refractivity (Wildman–Crippen MR) is 128 cm³/mol. The second-order valence-corrected chi connectivity index (χ2v) is 6.94. The van der Waals surface area contributed by atoms with Crippen molar-refractivity contribution >= 4 is 35.6 Å². The molecule has 0 aromatic heterocycles. The molecule has 0 spiro atoms. The number of ether oxygens (including phenoxy) is 1. The average Bonchev–Trinajstić information content (AvgIpc) is 3.23. The lowest BCUT2D eigenvalue weighted by Crippen LogP contribution is -2.30. The van der Waals surface area contributed by atoms with Gasteiger partial charge in [0.2, 0.25) is 0 Å². The Morgan fingerprint density at radius 1 is 1.18 bits per heavy atom. The Balaban J connectivity index is 0.00000280. The Kier molecular flexibility index (Phi) is 9.05. The molecule has 3 N–H and O–H groups in total. The van der Waals surface area contributed by atoms with Crippen molar-refractivity contribution in [3.05, 3.63) is 59.7 Å². The van der Waals surface area contributed by atoms with Crippen LogP contribution >= 0.6 is 24.0 Å². The minimum Gasteiger partial charge on any atom is -0.497 e. The van der Waals surface area contributed by atoms with E-state index in [-0.39, 0.29) is 30.0 Å². The first-order valence-electron chi connectivity index (χ1n) is 9.73. The van der Waals surface area contributed by atoms with E-state index in [0.29, 0.717) is 12.5 Å². The second-order valence-electron chi connectivity index (χ2n) is 6.94. The van der Waals surface area contributed by atoms with E-state index < -0.39 is 0 Å². The Bertz CT molecular complexity index is 757. The Morgan fingerprint density at radius 3 is 2.54 bits per heavy atom. The van der Waals surface area contributed by atoms with Crippen LogP contribution in [-0.4, -0.2) is 37.6 Å². The number of hydrogen-bond acceptors (Lipinski definition) is 3. The number of benzene rings is 2. The van der Waals surface area contributed by atoms with E-state index in [1.807, 2.05) is 24.3 Å². The molecule has 0 aliphatic carbocycles. The molecule has 2 aromatic rings. The molecule has 3 rings (SSSR count). The quantitative estimate of drug-likeness (QED) is 0.340. The number of guanidine groups is 1. The lowest BCUT2D eigenvalue weighted by molar-refractivity contribution is 0.251. The summed E-state index contributed by atoms with van der Waals surface area (Å²) < 4.78 is 5.29. The first-order chi connectivity index (χ1) is 13.2. The van der Waals surface area contributed by atoms with Crippen molar-refractivity contribution in [2.75, 3.05) is 32.1 Å². The van der Waals surface area contributed by atoms with Crippen LogP contribution in [0.3, 0.4) is 0 Å². The molecule has 0 saturated carbocycles. The van der Waals surface area contributed by atoms with E-state index in [9.17, 15) is 0 Å². The van der Waals surface area contributed by atoms with Gasteiger partial charge >= 0.3 is 0 Å². The van der Waals surface area contributed by atoms with Gasteiger partial charge < -0.3 is 15.8 Å². The van der Waals surface area contributed by atoms with Crippen LogP contribution in [0, 0.1) is 0 Å². The molecular weight excluding hydrogens is 463 g/mol. The number of rotatable bonds is 7. The maximum atomic E-state index is 6.17. The van der Waals surface area contributed by atoms with Gasteiger partial charge in [0.15, 0.2) is 5.96 Å². The minimum absolute atomic E-state index is 0. The number of nitrogens with one attached hydrogen (secondary N) is 1. The largest absolute Gasteiger partial charge is 0.497 e. The van der Waals surface area contributed by atoms with E-state index >= 15 is 0 Å². The molecule has 0 bridgehead atoms. The van der Waals surface area contributed by atoms with E-state index in [0.717, 1.165) is 30.9 Å². The van der Waals surface area contributed by atoms with E-state index in [2.05, 4.69) is 46.4 Å². The van der Waals surface area contributed by atoms with Crippen molar-refractivity contribution in [3.63, 3.8) is 0 Å². The maximum Gasteiger partial charge on any atom is 0.193 e. The van der Waals surface area contributed by atoms with E-state index in [4.69, 9.17) is 10.5 Å². The fourth-order valence-electron chi connectivity index (χ4n) is 3.55. The molecule has 1 fully saturated rings. The van der Waals surface area contributed by atoms with Gasteiger partial charge in [-0.1, -0.05) is 31.2 Å². The van der Waals surface area contributed by atoms with E-state index in [1.54, 1.807) is 7.11 Å². The van der Waals surface area contributed by atoms with Crippen molar-refractivity contribution < 1.29 is 4.74 Å². The summed E-state index contributed by atoms with van der Waals surface area (Å²) in [7, 11) is 1.69. The normalized spacial score (nSPS) is 15.7. The van der Waals surface area contributed by atoms with Gasteiger partial charge in [0.25, 0.3) is 0 Å². The molecule has 1 atom stereocenters. The minimum atomic E-state index is 0. The predicted octanol–water partition coefficient (Wildman–Crippen LogP) is 4.44. The lowest BCUT2D eigenvalue weighted by Gasteiger charge is -2.27. The van der Waals surface area contributed by atoms with Gasteiger partial charge in [0.1, 0.15) is 5.75 Å². The number of aliphatic imine (C=N–C) groups is 1.